The van der Waals surface area contributed by atoms with Crippen LogP contribution in [0, 0.1) is 11.8 Å². The van der Waals surface area contributed by atoms with Crippen molar-refractivity contribution in [1.29, 1.82) is 0 Å². The van der Waals surface area contributed by atoms with Crippen molar-refractivity contribution in [3.05, 3.63) is 0 Å². The Morgan fingerprint density at radius 3 is 2.52 bits per heavy atom. The van der Waals surface area contributed by atoms with Crippen LogP contribution in [0.3, 0.4) is 0 Å². The van der Waals surface area contributed by atoms with Gasteiger partial charge in [0.1, 0.15) is 0 Å². The average molecular weight is 298 g/mol. The van der Waals surface area contributed by atoms with E-state index in [0.717, 1.165) is 44.9 Å². The fraction of sp³-hybridized carbons (Fsp3) is 0.875. The number of unbranched alkanes of at least 4 members (excludes halogenated alkanes) is 1. The van der Waals surface area contributed by atoms with Gasteiger partial charge in [0, 0.05) is 5.92 Å². The van der Waals surface area contributed by atoms with Gasteiger partial charge in [0.15, 0.2) is 0 Å². The maximum Gasteiger partial charge on any atom is 0.340 e. The average Bonchev–Trinajstić information content (AvgIpc) is 3.16. The minimum atomic E-state index is -1.48. The summed E-state index contributed by atoms with van der Waals surface area (Å²) < 4.78 is 5.44. The molecule has 0 bridgehead atoms. The highest BCUT2D eigenvalue weighted by molar-refractivity contribution is 5.97. The molecular weight excluding hydrogens is 272 g/mol. The van der Waals surface area contributed by atoms with Crippen LogP contribution in [-0.4, -0.2) is 33.4 Å². The molecule has 0 radical (unpaired) electrons. The predicted molar refractivity (Wildman–Crippen MR) is 77.1 cm³/mol. The smallest absolute Gasteiger partial charge is 0.340 e. The van der Waals surface area contributed by atoms with E-state index in [-0.39, 0.29) is 5.92 Å². The van der Waals surface area contributed by atoms with Gasteiger partial charge in [-0.25, -0.2) is 9.59 Å². The SMILES string of the molecule is CCCCC(CC)CC1CCCC2(C(=O)O)OC12C(=O)O. The van der Waals surface area contributed by atoms with Gasteiger partial charge in [0.05, 0.1) is 0 Å². The highest BCUT2D eigenvalue weighted by Gasteiger charge is 2.83. The van der Waals surface area contributed by atoms with Crippen LogP contribution >= 0.6 is 0 Å². The molecule has 2 N–H and O–H groups in total. The van der Waals surface area contributed by atoms with E-state index in [2.05, 4.69) is 13.8 Å². The molecule has 120 valence electrons. The van der Waals surface area contributed by atoms with Crippen LogP contribution < -0.4 is 0 Å². The van der Waals surface area contributed by atoms with Gasteiger partial charge in [0.25, 0.3) is 0 Å². The summed E-state index contributed by atoms with van der Waals surface area (Å²) in [5.41, 5.74) is -2.94. The first kappa shape index (κ1) is 16.3. The van der Waals surface area contributed by atoms with Crippen molar-refractivity contribution in [2.24, 2.45) is 11.8 Å². The van der Waals surface area contributed by atoms with Crippen molar-refractivity contribution in [2.75, 3.05) is 0 Å². The Labute approximate surface area is 125 Å². The van der Waals surface area contributed by atoms with Crippen molar-refractivity contribution in [2.45, 2.75) is 76.4 Å². The minimum absolute atomic E-state index is 0.179. The Balaban J connectivity index is 2.15. The number of hydrogen-bond donors (Lipinski definition) is 2. The Bertz CT molecular complexity index is 421. The van der Waals surface area contributed by atoms with Crippen molar-refractivity contribution < 1.29 is 24.5 Å². The van der Waals surface area contributed by atoms with Gasteiger partial charge in [-0.15, -0.1) is 0 Å². The molecular formula is C16H26O5. The Hall–Kier alpha value is -1.10. The number of hydrogen-bond acceptors (Lipinski definition) is 3. The van der Waals surface area contributed by atoms with E-state index in [1.165, 1.54) is 0 Å². The number of carboxylic acids is 2. The first-order chi connectivity index (χ1) is 9.94. The fourth-order valence-electron chi connectivity index (χ4n) is 4.07. The topological polar surface area (TPSA) is 87.1 Å². The van der Waals surface area contributed by atoms with E-state index in [9.17, 15) is 19.8 Å². The first-order valence-corrected chi connectivity index (χ1v) is 8.11. The van der Waals surface area contributed by atoms with Gasteiger partial charge in [-0.1, -0.05) is 39.5 Å². The van der Waals surface area contributed by atoms with Gasteiger partial charge >= 0.3 is 11.9 Å². The van der Waals surface area contributed by atoms with Crippen LogP contribution in [0.25, 0.3) is 0 Å². The molecule has 1 heterocycles. The Kier molecular flexibility index (Phi) is 4.61. The normalized spacial score (nSPS) is 35.8. The van der Waals surface area contributed by atoms with Crippen molar-refractivity contribution in [1.82, 2.24) is 0 Å². The maximum atomic E-state index is 11.7. The van der Waals surface area contributed by atoms with Gasteiger partial charge < -0.3 is 14.9 Å². The van der Waals surface area contributed by atoms with Gasteiger partial charge in [0.2, 0.25) is 11.2 Å². The van der Waals surface area contributed by atoms with Crippen LogP contribution in [0.5, 0.6) is 0 Å². The molecule has 2 fully saturated rings. The van der Waals surface area contributed by atoms with E-state index in [1.807, 2.05) is 0 Å². The summed E-state index contributed by atoms with van der Waals surface area (Å²) in [6.07, 6.45) is 6.91. The highest BCUT2D eigenvalue weighted by atomic mass is 16.7. The lowest BCUT2D eigenvalue weighted by Crippen LogP contribution is -2.48. The summed E-state index contributed by atoms with van der Waals surface area (Å²) in [5, 5.41) is 19.0. The third-order valence-corrected chi connectivity index (χ3v) is 5.37. The number of rotatable bonds is 8. The molecule has 0 amide bonds. The lowest BCUT2D eigenvalue weighted by molar-refractivity contribution is -0.149. The third-order valence-electron chi connectivity index (χ3n) is 5.37. The van der Waals surface area contributed by atoms with E-state index in [0.29, 0.717) is 12.3 Å². The van der Waals surface area contributed by atoms with Crippen LogP contribution in [0.15, 0.2) is 0 Å². The molecule has 0 spiro atoms. The minimum Gasteiger partial charge on any atom is -0.479 e. The molecule has 0 aromatic rings. The van der Waals surface area contributed by atoms with Crippen molar-refractivity contribution >= 4 is 11.9 Å². The quantitative estimate of drug-likeness (QED) is 0.672. The van der Waals surface area contributed by atoms with Crippen LogP contribution in [0.1, 0.15) is 65.2 Å². The second kappa shape index (κ2) is 5.95. The van der Waals surface area contributed by atoms with Gasteiger partial charge in [-0.2, -0.15) is 0 Å². The molecule has 5 nitrogen and oxygen atoms in total. The summed E-state index contributed by atoms with van der Waals surface area (Å²) in [7, 11) is 0. The summed E-state index contributed by atoms with van der Waals surface area (Å²) in [6.45, 7) is 4.26. The number of aliphatic carboxylic acids is 2. The Morgan fingerprint density at radius 2 is 2.00 bits per heavy atom. The largest absolute Gasteiger partial charge is 0.479 e. The second-order valence-corrected chi connectivity index (χ2v) is 6.52. The maximum absolute atomic E-state index is 11.7. The lowest BCUT2D eigenvalue weighted by Gasteiger charge is -2.31. The monoisotopic (exact) mass is 298 g/mol. The zero-order valence-electron chi connectivity index (χ0n) is 12.9. The van der Waals surface area contributed by atoms with Crippen molar-refractivity contribution in [3.8, 4) is 0 Å². The molecule has 5 heteroatoms. The zero-order valence-corrected chi connectivity index (χ0v) is 12.9. The summed E-state index contributed by atoms with van der Waals surface area (Å²) in [5.74, 6) is -1.93. The number of epoxide rings is 1. The number of fused-ring (bicyclic) bond motifs is 1. The van der Waals surface area contributed by atoms with Crippen LogP contribution in [0.2, 0.25) is 0 Å². The number of ether oxygens (including phenoxy) is 1. The zero-order chi connectivity index (χ0) is 15.7. The van der Waals surface area contributed by atoms with Gasteiger partial charge in [-0.3, -0.25) is 0 Å². The lowest BCUT2D eigenvalue weighted by atomic mass is 9.68. The van der Waals surface area contributed by atoms with Gasteiger partial charge in [-0.05, 0) is 31.6 Å². The molecule has 21 heavy (non-hydrogen) atoms. The third kappa shape index (κ3) is 2.45. The number of carbonyl (C=O) groups is 2. The molecule has 1 saturated heterocycles. The van der Waals surface area contributed by atoms with Crippen LogP contribution in [-0.2, 0) is 14.3 Å². The second-order valence-electron chi connectivity index (χ2n) is 6.52. The molecule has 2 aliphatic rings. The predicted octanol–water partition coefficient (Wildman–Crippen LogP) is 3.07. The molecule has 1 saturated carbocycles. The highest BCUT2D eigenvalue weighted by Crippen LogP contribution is 2.62. The van der Waals surface area contributed by atoms with E-state index < -0.39 is 23.1 Å². The molecule has 0 aromatic heterocycles. The van der Waals surface area contributed by atoms with E-state index in [4.69, 9.17) is 4.74 Å². The van der Waals surface area contributed by atoms with E-state index >= 15 is 0 Å². The first-order valence-electron chi connectivity index (χ1n) is 8.11. The number of carboxylic acid groups (broad SMARTS) is 2. The summed E-state index contributed by atoms with van der Waals surface area (Å²) in [4.78, 5) is 23.2. The Morgan fingerprint density at radius 1 is 1.29 bits per heavy atom. The summed E-state index contributed by atoms with van der Waals surface area (Å²) >= 11 is 0. The van der Waals surface area contributed by atoms with Crippen LogP contribution in [0.4, 0.5) is 0 Å². The van der Waals surface area contributed by atoms with Crippen molar-refractivity contribution in [3.63, 3.8) is 0 Å². The van der Waals surface area contributed by atoms with E-state index in [1.54, 1.807) is 0 Å². The molecule has 4 unspecified atom stereocenters. The standard InChI is InChI=1S/C16H26O5/c1-3-5-7-11(4-2)10-12-8-6-9-15(13(17)18)16(12,21-15)14(19)20/h11-12H,3-10H2,1-2H3,(H,17,18)(H,19,20). The molecule has 0 aromatic carbocycles. The molecule has 2 rings (SSSR count). The molecule has 4 atom stereocenters. The molecule has 1 aliphatic carbocycles. The summed E-state index contributed by atoms with van der Waals surface area (Å²) in [6, 6.07) is 0. The fourth-order valence-corrected chi connectivity index (χ4v) is 4.07. The molecule has 1 aliphatic heterocycles.